The van der Waals surface area contributed by atoms with Crippen LogP contribution in [0.1, 0.15) is 24.5 Å². The van der Waals surface area contributed by atoms with Gasteiger partial charge in [0.25, 0.3) is 0 Å². The molecule has 0 bridgehead atoms. The Hall–Kier alpha value is -2.41. The number of hydrazone groups is 1. The number of phenolic OH excluding ortho intramolecular Hbond substituents is 1. The molecule has 134 valence electrons. The van der Waals surface area contributed by atoms with E-state index in [1.807, 2.05) is 6.92 Å². The predicted octanol–water partition coefficient (Wildman–Crippen LogP) is 5.30. The molecule has 2 N–H and O–H groups in total. The second-order valence-electron chi connectivity index (χ2n) is 5.13. The van der Waals surface area contributed by atoms with Crippen molar-refractivity contribution >= 4 is 23.5 Å². The van der Waals surface area contributed by atoms with Crippen LogP contribution in [0.2, 0.25) is 5.02 Å². The van der Waals surface area contributed by atoms with E-state index in [2.05, 4.69) is 10.5 Å². The highest BCUT2D eigenvalue weighted by atomic mass is 35.5. The van der Waals surface area contributed by atoms with Gasteiger partial charge in [0, 0.05) is 11.6 Å². The molecule has 0 spiro atoms. The van der Waals surface area contributed by atoms with E-state index in [0.29, 0.717) is 17.9 Å². The Balaban J connectivity index is 2.11. The number of hydrogen-bond donors (Lipinski definition) is 2. The van der Waals surface area contributed by atoms with Crippen molar-refractivity contribution in [1.82, 2.24) is 0 Å². The third-order valence-corrected chi connectivity index (χ3v) is 3.49. The van der Waals surface area contributed by atoms with Gasteiger partial charge in [-0.3, -0.25) is 5.43 Å². The van der Waals surface area contributed by atoms with Gasteiger partial charge in [0.2, 0.25) is 0 Å². The summed E-state index contributed by atoms with van der Waals surface area (Å²) in [6.45, 7) is 2.49. The average molecular weight is 373 g/mol. The molecule has 0 radical (unpaired) electrons. The number of alkyl halides is 3. The fraction of sp³-hybridized carbons (Fsp3) is 0.235. The van der Waals surface area contributed by atoms with Gasteiger partial charge in [-0.2, -0.15) is 18.3 Å². The number of phenols is 1. The third-order valence-electron chi connectivity index (χ3n) is 3.16. The first kappa shape index (κ1) is 18.9. The number of nitrogens with one attached hydrogen (secondary N) is 1. The van der Waals surface area contributed by atoms with Crippen molar-refractivity contribution in [2.45, 2.75) is 19.5 Å². The first-order valence-corrected chi connectivity index (χ1v) is 7.80. The fourth-order valence-electron chi connectivity index (χ4n) is 1.90. The summed E-state index contributed by atoms with van der Waals surface area (Å²) in [5.74, 6) is 0.458. The molecular weight excluding hydrogens is 357 g/mol. The monoisotopic (exact) mass is 372 g/mol. The Morgan fingerprint density at radius 2 is 2.00 bits per heavy atom. The van der Waals surface area contributed by atoms with Crippen molar-refractivity contribution < 1.29 is 23.0 Å². The zero-order valence-electron chi connectivity index (χ0n) is 13.3. The molecule has 2 aromatic rings. The SMILES string of the molecule is CCCOc1ccc(/C=N/Nc2cc(C(F)(F)F)ccc2Cl)c(O)c1. The number of aromatic hydroxyl groups is 1. The summed E-state index contributed by atoms with van der Waals surface area (Å²) in [4.78, 5) is 0. The molecule has 0 aliphatic heterocycles. The number of rotatable bonds is 6. The van der Waals surface area contributed by atoms with Crippen molar-refractivity contribution in [2.24, 2.45) is 5.10 Å². The zero-order chi connectivity index (χ0) is 18.4. The second kappa shape index (κ2) is 8.11. The average Bonchev–Trinajstić information content (AvgIpc) is 2.55. The van der Waals surface area contributed by atoms with Crippen LogP contribution < -0.4 is 10.2 Å². The van der Waals surface area contributed by atoms with Crippen LogP contribution in [-0.4, -0.2) is 17.9 Å². The van der Waals surface area contributed by atoms with E-state index < -0.39 is 11.7 Å². The van der Waals surface area contributed by atoms with Crippen molar-refractivity contribution in [3.8, 4) is 11.5 Å². The summed E-state index contributed by atoms with van der Waals surface area (Å²) in [6, 6.07) is 7.57. The van der Waals surface area contributed by atoms with Gasteiger partial charge in [-0.15, -0.1) is 0 Å². The van der Waals surface area contributed by atoms with Gasteiger partial charge in [-0.05, 0) is 36.8 Å². The standard InChI is InChI=1S/C17H16ClF3N2O2/c1-2-7-25-13-5-3-11(16(24)9-13)10-22-23-15-8-12(17(19,20)21)4-6-14(15)18/h3-6,8-10,23-24H,2,7H2,1H3/b22-10+. The minimum atomic E-state index is -4.47. The normalized spacial score (nSPS) is 11.7. The molecule has 0 aromatic heterocycles. The quantitative estimate of drug-likeness (QED) is 0.534. The van der Waals surface area contributed by atoms with E-state index in [4.69, 9.17) is 16.3 Å². The molecule has 0 saturated carbocycles. The molecule has 0 amide bonds. The lowest BCUT2D eigenvalue weighted by atomic mass is 10.2. The molecule has 8 heteroatoms. The maximum absolute atomic E-state index is 12.7. The van der Waals surface area contributed by atoms with E-state index in [1.165, 1.54) is 12.3 Å². The molecule has 0 heterocycles. The minimum Gasteiger partial charge on any atom is -0.507 e. The second-order valence-corrected chi connectivity index (χ2v) is 5.54. The van der Waals surface area contributed by atoms with Crippen LogP contribution >= 0.6 is 11.6 Å². The molecule has 0 unspecified atom stereocenters. The van der Waals surface area contributed by atoms with Gasteiger partial charge >= 0.3 is 6.18 Å². The third kappa shape index (κ3) is 5.29. The molecule has 0 aliphatic rings. The van der Waals surface area contributed by atoms with Crippen LogP contribution in [0.4, 0.5) is 18.9 Å². The van der Waals surface area contributed by atoms with Crippen LogP contribution in [0.25, 0.3) is 0 Å². The van der Waals surface area contributed by atoms with Gasteiger partial charge in [-0.25, -0.2) is 0 Å². The van der Waals surface area contributed by atoms with Crippen LogP contribution in [0.3, 0.4) is 0 Å². The summed E-state index contributed by atoms with van der Waals surface area (Å²) in [6.07, 6.45) is -2.36. The van der Waals surface area contributed by atoms with Gasteiger partial charge in [-0.1, -0.05) is 18.5 Å². The Bertz CT molecular complexity index is 764. The molecule has 2 aromatic carbocycles. The van der Waals surface area contributed by atoms with E-state index in [9.17, 15) is 18.3 Å². The molecule has 0 aliphatic carbocycles. The summed E-state index contributed by atoms with van der Waals surface area (Å²) in [7, 11) is 0. The maximum Gasteiger partial charge on any atom is 0.416 e. The van der Waals surface area contributed by atoms with Crippen molar-refractivity contribution in [2.75, 3.05) is 12.0 Å². The van der Waals surface area contributed by atoms with Crippen LogP contribution in [-0.2, 0) is 6.18 Å². The molecule has 0 fully saturated rings. The lowest BCUT2D eigenvalue weighted by Gasteiger charge is -2.10. The maximum atomic E-state index is 12.7. The smallest absolute Gasteiger partial charge is 0.416 e. The van der Waals surface area contributed by atoms with Gasteiger partial charge in [0.05, 0.1) is 29.1 Å². The minimum absolute atomic E-state index is 0.00938. The highest BCUT2D eigenvalue weighted by Crippen LogP contribution is 2.33. The number of benzene rings is 2. The lowest BCUT2D eigenvalue weighted by Crippen LogP contribution is -2.05. The van der Waals surface area contributed by atoms with Crippen LogP contribution in [0.15, 0.2) is 41.5 Å². The predicted molar refractivity (Wildman–Crippen MR) is 91.6 cm³/mol. The lowest BCUT2D eigenvalue weighted by molar-refractivity contribution is -0.137. The van der Waals surface area contributed by atoms with E-state index in [1.54, 1.807) is 12.1 Å². The van der Waals surface area contributed by atoms with E-state index in [-0.39, 0.29) is 16.5 Å². The van der Waals surface area contributed by atoms with E-state index in [0.717, 1.165) is 24.6 Å². The molecular formula is C17H16ClF3N2O2. The van der Waals surface area contributed by atoms with Gasteiger partial charge in [0.15, 0.2) is 0 Å². The first-order chi connectivity index (χ1) is 11.8. The number of anilines is 1. The van der Waals surface area contributed by atoms with Crippen LogP contribution in [0.5, 0.6) is 11.5 Å². The number of nitrogens with zero attached hydrogens (tertiary/aromatic N) is 1. The van der Waals surface area contributed by atoms with Gasteiger partial charge in [0.1, 0.15) is 11.5 Å². The first-order valence-electron chi connectivity index (χ1n) is 7.43. The summed E-state index contributed by atoms with van der Waals surface area (Å²) >= 11 is 5.86. The molecule has 0 atom stereocenters. The molecule has 4 nitrogen and oxygen atoms in total. The highest BCUT2D eigenvalue weighted by molar-refractivity contribution is 6.33. The molecule has 25 heavy (non-hydrogen) atoms. The Kier molecular flexibility index (Phi) is 6.14. The van der Waals surface area contributed by atoms with Crippen molar-refractivity contribution in [3.63, 3.8) is 0 Å². The summed E-state index contributed by atoms with van der Waals surface area (Å²) < 4.78 is 43.5. The Labute approximate surface area is 147 Å². The largest absolute Gasteiger partial charge is 0.507 e. The van der Waals surface area contributed by atoms with Gasteiger partial charge < -0.3 is 9.84 Å². The van der Waals surface area contributed by atoms with Crippen molar-refractivity contribution in [3.05, 3.63) is 52.5 Å². The van der Waals surface area contributed by atoms with Crippen molar-refractivity contribution in [1.29, 1.82) is 0 Å². The van der Waals surface area contributed by atoms with Crippen LogP contribution in [0, 0.1) is 0 Å². The van der Waals surface area contributed by atoms with E-state index >= 15 is 0 Å². The molecule has 0 saturated heterocycles. The highest BCUT2D eigenvalue weighted by Gasteiger charge is 2.30. The number of halogens is 4. The topological polar surface area (TPSA) is 53.8 Å². The fourth-order valence-corrected chi connectivity index (χ4v) is 2.06. The molecule has 2 rings (SSSR count). The number of hydrogen-bond acceptors (Lipinski definition) is 4. The Morgan fingerprint density at radius 3 is 2.64 bits per heavy atom. The number of ether oxygens (including phenoxy) is 1. The zero-order valence-corrected chi connectivity index (χ0v) is 14.0. The summed E-state index contributed by atoms with van der Waals surface area (Å²) in [5, 5.41) is 13.8. The summed E-state index contributed by atoms with van der Waals surface area (Å²) in [5.41, 5.74) is 1.99. The Morgan fingerprint density at radius 1 is 1.24 bits per heavy atom.